The fourth-order valence-corrected chi connectivity index (χ4v) is 3.54. The Morgan fingerprint density at radius 1 is 1.04 bits per heavy atom. The Balaban J connectivity index is 0.00000225. The van der Waals surface area contributed by atoms with Gasteiger partial charge in [0.25, 0.3) is 0 Å². The highest BCUT2D eigenvalue weighted by Crippen LogP contribution is 2.32. The third-order valence-corrected chi connectivity index (χ3v) is 5.19. The van der Waals surface area contributed by atoms with Gasteiger partial charge >= 0.3 is 0 Å². The molecule has 1 heterocycles. The van der Waals surface area contributed by atoms with Crippen LogP contribution in [0.15, 0.2) is 54.6 Å². The van der Waals surface area contributed by atoms with Gasteiger partial charge in [-0.3, -0.25) is 4.79 Å². The number of carbonyl (C=O) groups is 1. The van der Waals surface area contributed by atoms with Gasteiger partial charge in [0.2, 0.25) is 5.91 Å². The van der Waals surface area contributed by atoms with Gasteiger partial charge in [-0.15, -0.1) is 12.4 Å². The first-order chi connectivity index (χ1) is 11.4. The van der Waals surface area contributed by atoms with Crippen LogP contribution in [0.1, 0.15) is 36.5 Å². The Morgan fingerprint density at radius 2 is 1.64 bits per heavy atom. The highest BCUT2D eigenvalue weighted by molar-refractivity contribution is 5.87. The van der Waals surface area contributed by atoms with E-state index in [9.17, 15) is 4.79 Å². The number of likely N-dealkylation sites (tertiary alicyclic amines) is 1. The smallest absolute Gasteiger partial charge is 0.232 e. The van der Waals surface area contributed by atoms with Gasteiger partial charge in [-0.1, -0.05) is 60.2 Å². The van der Waals surface area contributed by atoms with Crippen molar-refractivity contribution in [1.29, 1.82) is 0 Å². The lowest BCUT2D eigenvalue weighted by Crippen LogP contribution is -2.43. The molecule has 3 nitrogen and oxygen atoms in total. The van der Waals surface area contributed by atoms with E-state index in [1.165, 1.54) is 11.1 Å². The maximum absolute atomic E-state index is 13.1. The zero-order valence-corrected chi connectivity index (χ0v) is 15.9. The summed E-state index contributed by atoms with van der Waals surface area (Å²) in [6.45, 7) is 7.37. The molecular formula is C21H27ClN2O. The van der Waals surface area contributed by atoms with E-state index in [-0.39, 0.29) is 30.3 Å². The number of nitrogens with two attached hydrogens (primary N) is 1. The third-order valence-electron chi connectivity index (χ3n) is 5.19. The van der Waals surface area contributed by atoms with Crippen molar-refractivity contribution in [3.05, 3.63) is 71.3 Å². The molecule has 0 aliphatic carbocycles. The molecule has 3 rings (SSSR count). The van der Waals surface area contributed by atoms with Crippen LogP contribution in [0.3, 0.4) is 0 Å². The summed E-state index contributed by atoms with van der Waals surface area (Å²) in [5, 5.41) is 0. The maximum atomic E-state index is 13.1. The number of aryl methyl sites for hydroxylation is 1. The van der Waals surface area contributed by atoms with Crippen LogP contribution in [0.25, 0.3) is 0 Å². The number of benzene rings is 2. The molecular weight excluding hydrogens is 332 g/mol. The highest BCUT2D eigenvalue weighted by Gasteiger charge is 2.40. The van der Waals surface area contributed by atoms with Gasteiger partial charge in [-0.25, -0.2) is 0 Å². The van der Waals surface area contributed by atoms with Crippen LogP contribution >= 0.6 is 12.4 Å². The number of hydrogen-bond acceptors (Lipinski definition) is 2. The molecule has 134 valence electrons. The summed E-state index contributed by atoms with van der Waals surface area (Å²) in [5.74, 6) is 0.365. The molecule has 1 saturated heterocycles. The zero-order chi connectivity index (χ0) is 17.3. The van der Waals surface area contributed by atoms with Crippen LogP contribution in [0.5, 0.6) is 0 Å². The number of carbonyl (C=O) groups excluding carboxylic acids is 1. The van der Waals surface area contributed by atoms with E-state index in [0.29, 0.717) is 13.1 Å². The molecule has 4 heteroatoms. The molecule has 1 aliphatic rings. The molecule has 0 saturated carbocycles. The van der Waals surface area contributed by atoms with Gasteiger partial charge in [0, 0.05) is 25.0 Å². The molecule has 0 spiro atoms. The van der Waals surface area contributed by atoms with Gasteiger partial charge in [-0.2, -0.15) is 0 Å². The minimum absolute atomic E-state index is 0. The summed E-state index contributed by atoms with van der Waals surface area (Å²) < 4.78 is 0. The van der Waals surface area contributed by atoms with E-state index >= 15 is 0 Å². The lowest BCUT2D eigenvalue weighted by atomic mass is 9.83. The molecule has 2 aromatic rings. The first-order valence-corrected chi connectivity index (χ1v) is 8.56. The second-order valence-corrected chi connectivity index (χ2v) is 7.38. The standard InChI is InChI=1S/C21H26N2O.ClH/c1-15-9-11-17(12-10-15)21(2,3)20(24)23-13-18(19(22)14-23)16-7-5-4-6-8-16;/h4-12,18-19H,13-14,22H2,1-3H3;1H/t18-,19+;/m0./s1. The second-order valence-electron chi connectivity index (χ2n) is 7.38. The first-order valence-electron chi connectivity index (χ1n) is 8.56. The van der Waals surface area contributed by atoms with Gasteiger partial charge in [0.1, 0.15) is 0 Å². The summed E-state index contributed by atoms with van der Waals surface area (Å²) in [6.07, 6.45) is 0. The molecule has 1 fully saturated rings. The molecule has 2 atom stereocenters. The average molecular weight is 359 g/mol. The van der Waals surface area contributed by atoms with Crippen molar-refractivity contribution < 1.29 is 4.79 Å². The third kappa shape index (κ3) is 3.88. The molecule has 2 N–H and O–H groups in total. The number of hydrogen-bond donors (Lipinski definition) is 1. The Bertz CT molecular complexity index is 712. The van der Waals surface area contributed by atoms with Crippen molar-refractivity contribution in [2.45, 2.75) is 38.1 Å². The van der Waals surface area contributed by atoms with Crippen LogP contribution in [0, 0.1) is 6.92 Å². The molecule has 25 heavy (non-hydrogen) atoms. The predicted molar refractivity (Wildman–Crippen MR) is 105 cm³/mol. The molecule has 2 aromatic carbocycles. The van der Waals surface area contributed by atoms with Crippen molar-refractivity contribution in [3.63, 3.8) is 0 Å². The van der Waals surface area contributed by atoms with Gasteiger partial charge in [0.15, 0.2) is 0 Å². The molecule has 0 unspecified atom stereocenters. The average Bonchev–Trinajstić information content (AvgIpc) is 2.97. The molecule has 1 amide bonds. The van der Waals surface area contributed by atoms with Crippen molar-refractivity contribution in [2.24, 2.45) is 5.73 Å². The summed E-state index contributed by atoms with van der Waals surface area (Å²) in [7, 11) is 0. The second kappa shape index (κ2) is 7.59. The van der Waals surface area contributed by atoms with Gasteiger partial charge in [-0.05, 0) is 31.9 Å². The van der Waals surface area contributed by atoms with E-state index in [4.69, 9.17) is 5.73 Å². The van der Waals surface area contributed by atoms with Crippen LogP contribution in [0.2, 0.25) is 0 Å². The minimum atomic E-state index is -0.543. The van der Waals surface area contributed by atoms with Crippen molar-refractivity contribution >= 4 is 18.3 Å². The number of nitrogens with zero attached hydrogens (tertiary/aromatic N) is 1. The highest BCUT2D eigenvalue weighted by atomic mass is 35.5. The van der Waals surface area contributed by atoms with E-state index in [1.807, 2.05) is 36.9 Å². The lowest BCUT2D eigenvalue weighted by Gasteiger charge is -2.30. The minimum Gasteiger partial charge on any atom is -0.340 e. The fourth-order valence-electron chi connectivity index (χ4n) is 3.54. The molecule has 0 aromatic heterocycles. The van der Waals surface area contributed by atoms with E-state index in [1.54, 1.807) is 0 Å². The Kier molecular flexibility index (Phi) is 5.91. The Labute approximate surface area is 156 Å². The first kappa shape index (κ1) is 19.5. The van der Waals surface area contributed by atoms with Crippen LogP contribution in [-0.2, 0) is 10.2 Å². The van der Waals surface area contributed by atoms with Crippen molar-refractivity contribution in [2.75, 3.05) is 13.1 Å². The normalized spacial score (nSPS) is 20.2. The number of halogens is 1. The number of rotatable bonds is 3. The van der Waals surface area contributed by atoms with Crippen LogP contribution < -0.4 is 5.73 Å². The van der Waals surface area contributed by atoms with Gasteiger partial charge in [0.05, 0.1) is 5.41 Å². The van der Waals surface area contributed by atoms with Crippen LogP contribution in [-0.4, -0.2) is 29.9 Å². The molecule has 0 radical (unpaired) electrons. The largest absolute Gasteiger partial charge is 0.340 e. The van der Waals surface area contributed by atoms with E-state index in [0.717, 1.165) is 5.56 Å². The number of amides is 1. The summed E-state index contributed by atoms with van der Waals surface area (Å²) in [5.41, 5.74) is 9.27. The predicted octanol–water partition coefficient (Wildman–Crippen LogP) is 3.65. The van der Waals surface area contributed by atoms with Crippen molar-refractivity contribution in [3.8, 4) is 0 Å². The molecule has 0 bridgehead atoms. The zero-order valence-electron chi connectivity index (χ0n) is 15.1. The molecule has 1 aliphatic heterocycles. The Hall–Kier alpha value is -1.84. The topological polar surface area (TPSA) is 46.3 Å². The summed E-state index contributed by atoms with van der Waals surface area (Å²) in [6, 6.07) is 18.5. The van der Waals surface area contributed by atoms with Gasteiger partial charge < -0.3 is 10.6 Å². The maximum Gasteiger partial charge on any atom is 0.232 e. The summed E-state index contributed by atoms with van der Waals surface area (Å²) in [4.78, 5) is 15.1. The summed E-state index contributed by atoms with van der Waals surface area (Å²) >= 11 is 0. The monoisotopic (exact) mass is 358 g/mol. The van der Waals surface area contributed by atoms with Crippen molar-refractivity contribution in [1.82, 2.24) is 4.90 Å². The quantitative estimate of drug-likeness (QED) is 0.910. The fraction of sp³-hybridized carbons (Fsp3) is 0.381. The van der Waals surface area contributed by atoms with E-state index < -0.39 is 5.41 Å². The Morgan fingerprint density at radius 3 is 2.24 bits per heavy atom. The van der Waals surface area contributed by atoms with Crippen LogP contribution in [0.4, 0.5) is 0 Å². The lowest BCUT2D eigenvalue weighted by molar-refractivity contribution is -0.135. The van der Waals surface area contributed by atoms with E-state index in [2.05, 4.69) is 43.3 Å². The SMILES string of the molecule is Cc1ccc(C(C)(C)C(=O)N2C[C@@H](N)[C@H](c3ccccc3)C2)cc1.Cl.